The van der Waals surface area contributed by atoms with E-state index in [-0.39, 0.29) is 16.9 Å². The standard InChI is InChI=1S/C20H10N2O3/c1-11-6-17-18(24-11)8-13(25-17)7-16-19(12(9-21)10-22)14-4-2-3-5-15(14)20(16)23/h2-8H,1H3/b16-7-. The summed E-state index contributed by atoms with van der Waals surface area (Å²) in [7, 11) is 0. The maximum atomic E-state index is 12.8. The number of carbonyl (C=O) groups is 1. The first-order valence-corrected chi connectivity index (χ1v) is 7.53. The highest BCUT2D eigenvalue weighted by Gasteiger charge is 2.32. The lowest BCUT2D eigenvalue weighted by Gasteiger charge is -2.00. The van der Waals surface area contributed by atoms with Gasteiger partial charge in [0.25, 0.3) is 0 Å². The summed E-state index contributed by atoms with van der Waals surface area (Å²) in [6, 6.07) is 14.1. The molecule has 2 aromatic heterocycles. The van der Waals surface area contributed by atoms with E-state index in [4.69, 9.17) is 8.83 Å². The fourth-order valence-corrected chi connectivity index (χ4v) is 3.03. The van der Waals surface area contributed by atoms with Gasteiger partial charge in [0, 0.05) is 28.8 Å². The van der Waals surface area contributed by atoms with Crippen LogP contribution in [0.1, 0.15) is 27.4 Å². The second-order valence-corrected chi connectivity index (χ2v) is 5.64. The number of rotatable bonds is 1. The second-order valence-electron chi connectivity index (χ2n) is 5.64. The molecule has 0 saturated heterocycles. The van der Waals surface area contributed by atoms with Crippen molar-refractivity contribution in [3.63, 3.8) is 0 Å². The molecule has 1 aliphatic carbocycles. The highest BCUT2D eigenvalue weighted by molar-refractivity contribution is 6.29. The van der Waals surface area contributed by atoms with Gasteiger partial charge >= 0.3 is 0 Å². The van der Waals surface area contributed by atoms with Crippen molar-refractivity contribution in [3.8, 4) is 12.1 Å². The third-order valence-electron chi connectivity index (χ3n) is 4.06. The van der Waals surface area contributed by atoms with Crippen molar-refractivity contribution in [1.82, 2.24) is 0 Å². The molecule has 0 aliphatic heterocycles. The fraction of sp³-hybridized carbons (Fsp3) is 0.0500. The molecule has 0 N–H and O–H groups in total. The summed E-state index contributed by atoms with van der Waals surface area (Å²) >= 11 is 0. The summed E-state index contributed by atoms with van der Waals surface area (Å²) in [4.78, 5) is 12.8. The molecule has 4 rings (SSSR count). The Bertz CT molecular complexity index is 1140. The molecule has 0 spiro atoms. The Kier molecular flexibility index (Phi) is 3.16. The number of hydrogen-bond donors (Lipinski definition) is 0. The molecule has 1 aromatic carbocycles. The molecule has 0 bridgehead atoms. The normalized spacial score (nSPS) is 14.6. The Labute approximate surface area is 142 Å². The van der Waals surface area contributed by atoms with Crippen LogP contribution >= 0.6 is 0 Å². The van der Waals surface area contributed by atoms with E-state index >= 15 is 0 Å². The number of fused-ring (bicyclic) bond motifs is 2. The average Bonchev–Trinajstić information content (AvgIpc) is 3.21. The van der Waals surface area contributed by atoms with Crippen LogP contribution in [0.15, 0.2) is 56.4 Å². The van der Waals surface area contributed by atoms with Crippen molar-refractivity contribution in [2.24, 2.45) is 0 Å². The summed E-state index contributed by atoms with van der Waals surface area (Å²) in [5.41, 5.74) is 2.73. The molecule has 5 heteroatoms. The molecule has 25 heavy (non-hydrogen) atoms. The van der Waals surface area contributed by atoms with Crippen LogP contribution in [0.4, 0.5) is 0 Å². The van der Waals surface area contributed by atoms with E-state index in [1.165, 1.54) is 0 Å². The Balaban J connectivity index is 1.95. The lowest BCUT2D eigenvalue weighted by Crippen LogP contribution is -1.95. The Hall–Kier alpha value is -3.83. The lowest BCUT2D eigenvalue weighted by molar-refractivity contribution is 0.104. The first kappa shape index (κ1) is 14.7. The Morgan fingerprint density at radius 3 is 2.40 bits per heavy atom. The predicted octanol–water partition coefficient (Wildman–Crippen LogP) is 4.41. The van der Waals surface area contributed by atoms with E-state index in [1.54, 1.807) is 42.5 Å². The largest absolute Gasteiger partial charge is 0.458 e. The molecule has 3 aromatic rings. The zero-order valence-corrected chi connectivity index (χ0v) is 13.2. The maximum absolute atomic E-state index is 12.8. The number of allylic oxidation sites excluding steroid dienone is 3. The number of hydrogen-bond acceptors (Lipinski definition) is 5. The summed E-state index contributed by atoms with van der Waals surface area (Å²) < 4.78 is 11.2. The lowest BCUT2D eigenvalue weighted by atomic mass is 9.99. The van der Waals surface area contributed by atoms with Crippen LogP contribution in [0.25, 0.3) is 22.8 Å². The van der Waals surface area contributed by atoms with E-state index in [1.807, 2.05) is 19.1 Å². The van der Waals surface area contributed by atoms with Gasteiger partial charge in [0.1, 0.15) is 29.2 Å². The molecule has 0 amide bonds. The van der Waals surface area contributed by atoms with Crippen LogP contribution < -0.4 is 0 Å². The van der Waals surface area contributed by atoms with E-state index in [9.17, 15) is 15.3 Å². The van der Waals surface area contributed by atoms with Gasteiger partial charge in [-0.1, -0.05) is 24.3 Å². The minimum absolute atomic E-state index is 0.101. The number of furan rings is 2. The summed E-state index contributed by atoms with van der Waals surface area (Å²) in [6.07, 6.45) is 1.55. The molecule has 2 heterocycles. The van der Waals surface area contributed by atoms with Crippen LogP contribution in [0.3, 0.4) is 0 Å². The zero-order valence-electron chi connectivity index (χ0n) is 13.2. The van der Waals surface area contributed by atoms with Gasteiger partial charge in [-0.15, -0.1) is 0 Å². The fourth-order valence-electron chi connectivity index (χ4n) is 3.03. The molecule has 5 nitrogen and oxygen atoms in total. The summed E-state index contributed by atoms with van der Waals surface area (Å²) in [6.45, 7) is 1.82. The van der Waals surface area contributed by atoms with Crippen molar-refractivity contribution in [3.05, 3.63) is 70.2 Å². The van der Waals surface area contributed by atoms with Crippen LogP contribution in [0.2, 0.25) is 0 Å². The molecule has 0 unspecified atom stereocenters. The van der Waals surface area contributed by atoms with Crippen LogP contribution in [-0.2, 0) is 0 Å². The summed E-state index contributed by atoms with van der Waals surface area (Å²) in [5.74, 6) is 0.921. The smallest absolute Gasteiger partial charge is 0.194 e. The minimum atomic E-state index is -0.238. The van der Waals surface area contributed by atoms with Crippen molar-refractivity contribution < 1.29 is 13.6 Å². The van der Waals surface area contributed by atoms with Crippen molar-refractivity contribution in [2.45, 2.75) is 6.92 Å². The summed E-state index contributed by atoms with van der Waals surface area (Å²) in [5, 5.41) is 18.6. The van der Waals surface area contributed by atoms with Gasteiger partial charge in [0.15, 0.2) is 16.9 Å². The third kappa shape index (κ3) is 2.19. The van der Waals surface area contributed by atoms with Crippen molar-refractivity contribution >= 4 is 28.6 Å². The van der Waals surface area contributed by atoms with Crippen molar-refractivity contribution in [2.75, 3.05) is 0 Å². The molecule has 0 saturated carbocycles. The molecular formula is C20H10N2O3. The van der Waals surface area contributed by atoms with Gasteiger partial charge in [0.05, 0.1) is 0 Å². The van der Waals surface area contributed by atoms with Crippen LogP contribution in [0.5, 0.6) is 0 Å². The molecule has 0 fully saturated rings. The highest BCUT2D eigenvalue weighted by Crippen LogP contribution is 2.40. The second kappa shape index (κ2) is 5.36. The number of nitrogens with zero attached hydrogens (tertiary/aromatic N) is 2. The van der Waals surface area contributed by atoms with Crippen molar-refractivity contribution in [1.29, 1.82) is 10.5 Å². The van der Waals surface area contributed by atoms with Crippen LogP contribution in [-0.4, -0.2) is 5.78 Å². The van der Waals surface area contributed by atoms with E-state index in [0.29, 0.717) is 33.6 Å². The maximum Gasteiger partial charge on any atom is 0.194 e. The molecule has 118 valence electrons. The van der Waals surface area contributed by atoms with E-state index in [2.05, 4.69) is 0 Å². The quantitative estimate of drug-likeness (QED) is 0.488. The number of benzene rings is 1. The highest BCUT2D eigenvalue weighted by atomic mass is 16.4. The van der Waals surface area contributed by atoms with Gasteiger partial charge in [-0.3, -0.25) is 4.79 Å². The topological polar surface area (TPSA) is 90.9 Å². The zero-order chi connectivity index (χ0) is 17.6. The molecule has 0 atom stereocenters. The molecular weight excluding hydrogens is 316 g/mol. The Morgan fingerprint density at radius 2 is 1.72 bits per heavy atom. The number of nitriles is 2. The SMILES string of the molecule is Cc1cc2oc(/C=C3\C(=O)c4ccccc4C3=C(C#N)C#N)cc2o1. The molecule has 0 radical (unpaired) electrons. The van der Waals surface area contributed by atoms with Gasteiger partial charge < -0.3 is 8.83 Å². The van der Waals surface area contributed by atoms with Gasteiger partial charge in [0.2, 0.25) is 0 Å². The van der Waals surface area contributed by atoms with Gasteiger partial charge in [-0.05, 0) is 18.6 Å². The Morgan fingerprint density at radius 1 is 1.04 bits per heavy atom. The number of Topliss-reactive ketones (excluding diaryl/α,β-unsaturated/α-hetero) is 1. The first-order valence-electron chi connectivity index (χ1n) is 7.53. The average molecular weight is 326 g/mol. The third-order valence-corrected chi connectivity index (χ3v) is 4.06. The predicted molar refractivity (Wildman–Crippen MR) is 90.1 cm³/mol. The number of carbonyl (C=O) groups excluding carboxylic acids is 1. The van der Waals surface area contributed by atoms with E-state index in [0.717, 1.165) is 5.76 Å². The monoisotopic (exact) mass is 326 g/mol. The number of ketones is 1. The first-order chi connectivity index (χ1) is 12.1. The van der Waals surface area contributed by atoms with E-state index < -0.39 is 0 Å². The van der Waals surface area contributed by atoms with Gasteiger partial charge in [-0.2, -0.15) is 10.5 Å². The molecule has 1 aliphatic rings. The van der Waals surface area contributed by atoms with Gasteiger partial charge in [-0.25, -0.2) is 0 Å². The number of aryl methyl sites for hydroxylation is 1. The van der Waals surface area contributed by atoms with Crippen LogP contribution in [0, 0.1) is 29.6 Å². The minimum Gasteiger partial charge on any atom is -0.458 e.